The number of rotatable bonds is 5. The van der Waals surface area contributed by atoms with Crippen molar-refractivity contribution < 1.29 is 4.42 Å². The van der Waals surface area contributed by atoms with Crippen molar-refractivity contribution in [3.8, 4) is 56.4 Å². The highest BCUT2D eigenvalue weighted by Crippen LogP contribution is 2.46. The Morgan fingerprint density at radius 3 is 1.36 bits per heavy atom. The molecule has 4 aromatic heterocycles. The van der Waals surface area contributed by atoms with Crippen LogP contribution in [0.15, 0.2) is 199 Å². The average molecular weight is 753 g/mol. The predicted molar refractivity (Wildman–Crippen MR) is 242 cm³/mol. The van der Waals surface area contributed by atoms with Gasteiger partial charge in [0.1, 0.15) is 11.2 Å². The Kier molecular flexibility index (Phi) is 7.47. The number of nitrogens with zero attached hydrogens (tertiary/aromatic N) is 4. The fourth-order valence-electron chi connectivity index (χ4n) is 8.98. The molecule has 12 aromatic rings. The fourth-order valence-corrected chi connectivity index (χ4v) is 8.98. The topological polar surface area (TPSA) is 64.7 Å². The fraction of sp³-hybridized carbons (Fsp3) is 0. The van der Waals surface area contributed by atoms with Crippen LogP contribution in [-0.4, -0.2) is 19.9 Å². The van der Waals surface area contributed by atoms with E-state index in [1.165, 1.54) is 49.0 Å². The Morgan fingerprint density at radius 1 is 0.288 bits per heavy atom. The van der Waals surface area contributed by atoms with Crippen LogP contribution < -0.4 is 0 Å². The van der Waals surface area contributed by atoms with Gasteiger partial charge in [-0.15, -0.1) is 0 Å². The summed E-state index contributed by atoms with van der Waals surface area (Å²) in [5.74, 6) is 0.624. The van der Waals surface area contributed by atoms with Crippen LogP contribution in [-0.2, 0) is 0 Å². The van der Waals surface area contributed by atoms with Gasteiger partial charge in [-0.25, -0.2) is 9.97 Å². The van der Waals surface area contributed by atoms with Gasteiger partial charge < -0.3 is 4.42 Å². The smallest absolute Gasteiger partial charge is 0.161 e. The van der Waals surface area contributed by atoms with E-state index >= 15 is 0 Å². The summed E-state index contributed by atoms with van der Waals surface area (Å²) in [4.78, 5) is 19.6. The first-order valence-electron chi connectivity index (χ1n) is 19.8. The van der Waals surface area contributed by atoms with E-state index in [4.69, 9.17) is 14.4 Å². The lowest BCUT2D eigenvalue weighted by Gasteiger charge is -2.18. The van der Waals surface area contributed by atoms with Crippen LogP contribution in [0.5, 0.6) is 0 Å². The minimum Gasteiger partial charge on any atom is -0.456 e. The van der Waals surface area contributed by atoms with Crippen LogP contribution in [0.25, 0.3) is 121 Å². The van der Waals surface area contributed by atoms with Gasteiger partial charge in [0.05, 0.1) is 22.8 Å². The molecule has 8 aromatic carbocycles. The number of hydrogen-bond acceptors (Lipinski definition) is 5. The second kappa shape index (κ2) is 13.3. The quantitative estimate of drug-likeness (QED) is 0.164. The third-order valence-electron chi connectivity index (χ3n) is 11.6. The molecule has 59 heavy (non-hydrogen) atoms. The summed E-state index contributed by atoms with van der Waals surface area (Å²) in [5.41, 5.74) is 10.5. The van der Waals surface area contributed by atoms with Crippen molar-refractivity contribution in [2.45, 2.75) is 0 Å². The van der Waals surface area contributed by atoms with Gasteiger partial charge in [-0.3, -0.25) is 9.97 Å². The highest BCUT2D eigenvalue weighted by atomic mass is 16.3. The molecule has 0 N–H and O–H groups in total. The lowest BCUT2D eigenvalue weighted by atomic mass is 9.85. The van der Waals surface area contributed by atoms with Crippen LogP contribution in [0, 0.1) is 0 Å². The summed E-state index contributed by atoms with van der Waals surface area (Å²) in [6.45, 7) is 0. The molecule has 0 spiro atoms. The Hall–Kier alpha value is -8.02. The number of para-hydroxylation sites is 1. The lowest BCUT2D eigenvalue weighted by Crippen LogP contribution is -1.98. The van der Waals surface area contributed by atoms with E-state index in [1.807, 2.05) is 48.5 Å². The number of aromatic nitrogens is 4. The molecule has 0 bridgehead atoms. The average Bonchev–Trinajstić information content (AvgIpc) is 3.70. The molecule has 0 amide bonds. The Labute approximate surface area is 338 Å². The zero-order valence-corrected chi connectivity index (χ0v) is 31.7. The van der Waals surface area contributed by atoms with Crippen LogP contribution in [0.1, 0.15) is 0 Å². The largest absolute Gasteiger partial charge is 0.456 e. The van der Waals surface area contributed by atoms with Gasteiger partial charge in [-0.05, 0) is 126 Å². The second-order valence-corrected chi connectivity index (χ2v) is 14.9. The first-order chi connectivity index (χ1) is 29.3. The SMILES string of the molecule is c1ccc(-c2cc(-c3ccccn3)nc(-c3ccc(-c4cc5c6ccccc6c(-c6cccc7oc8ccccc8c67)cc5c5ccccc45)c4ccccc34)n2)nc1. The number of hydrogen-bond donors (Lipinski definition) is 0. The molecule has 5 heteroatoms. The monoisotopic (exact) mass is 752 g/mol. The normalized spacial score (nSPS) is 11.7. The standard InChI is InChI=1S/C54H32N4O/c1-2-15-34-33(14-1)39(26-27-41(34)54-57-49(47-22-9-11-28-55-47)32-50(58-54)48-23-10-12-29-56-48)43-30-45-38-19-6-4-17-36(38)44(31-46(45)37-18-5-3-16-35(37)43)40-21-13-25-52-53(40)42-20-7-8-24-51(42)59-52/h1-32H. The van der Waals surface area contributed by atoms with Gasteiger partial charge in [0.15, 0.2) is 5.82 Å². The minimum atomic E-state index is 0.624. The zero-order chi connectivity index (χ0) is 38.9. The molecule has 12 rings (SSSR count). The maximum atomic E-state index is 6.36. The third kappa shape index (κ3) is 5.33. The number of pyridine rings is 2. The minimum absolute atomic E-state index is 0.624. The molecular formula is C54H32N4O. The van der Waals surface area contributed by atoms with Crippen molar-refractivity contribution in [1.82, 2.24) is 19.9 Å². The van der Waals surface area contributed by atoms with Gasteiger partial charge in [0, 0.05) is 28.7 Å². The van der Waals surface area contributed by atoms with E-state index in [9.17, 15) is 0 Å². The molecule has 0 radical (unpaired) electrons. The third-order valence-corrected chi connectivity index (χ3v) is 11.6. The van der Waals surface area contributed by atoms with Crippen molar-refractivity contribution in [1.29, 1.82) is 0 Å². The second-order valence-electron chi connectivity index (χ2n) is 14.9. The Bertz CT molecular complexity index is 3560. The van der Waals surface area contributed by atoms with E-state index in [0.717, 1.165) is 66.6 Å². The van der Waals surface area contributed by atoms with Crippen molar-refractivity contribution in [2.24, 2.45) is 0 Å². The first-order valence-corrected chi connectivity index (χ1v) is 19.8. The summed E-state index contributed by atoms with van der Waals surface area (Å²) in [7, 11) is 0. The van der Waals surface area contributed by atoms with E-state index in [0.29, 0.717) is 5.82 Å². The van der Waals surface area contributed by atoms with E-state index < -0.39 is 0 Å². The summed E-state index contributed by atoms with van der Waals surface area (Å²) in [6, 6.07) is 63.9. The van der Waals surface area contributed by atoms with Gasteiger partial charge in [0.2, 0.25) is 0 Å². The number of fused-ring (bicyclic) bond motifs is 9. The highest BCUT2D eigenvalue weighted by Gasteiger charge is 2.20. The molecule has 0 aliphatic heterocycles. The molecule has 4 heterocycles. The van der Waals surface area contributed by atoms with Crippen LogP contribution in [0.3, 0.4) is 0 Å². The summed E-state index contributed by atoms with van der Waals surface area (Å²) >= 11 is 0. The van der Waals surface area contributed by atoms with Crippen molar-refractivity contribution >= 4 is 65.0 Å². The molecule has 274 valence electrons. The molecule has 0 saturated carbocycles. The van der Waals surface area contributed by atoms with Gasteiger partial charge in [0.25, 0.3) is 0 Å². The molecule has 0 unspecified atom stereocenters. The first kappa shape index (κ1) is 33.2. The molecule has 0 fully saturated rings. The van der Waals surface area contributed by atoms with E-state index in [1.54, 1.807) is 12.4 Å². The molecule has 0 aliphatic rings. The van der Waals surface area contributed by atoms with E-state index in [-0.39, 0.29) is 0 Å². The molecule has 0 saturated heterocycles. The highest BCUT2D eigenvalue weighted by molar-refractivity contribution is 6.26. The lowest BCUT2D eigenvalue weighted by molar-refractivity contribution is 0.669. The molecule has 0 aliphatic carbocycles. The number of benzene rings is 8. The maximum Gasteiger partial charge on any atom is 0.161 e. The van der Waals surface area contributed by atoms with E-state index in [2.05, 4.69) is 143 Å². The molecule has 5 nitrogen and oxygen atoms in total. The van der Waals surface area contributed by atoms with Gasteiger partial charge in [-0.2, -0.15) is 0 Å². The number of furan rings is 1. The summed E-state index contributed by atoms with van der Waals surface area (Å²) < 4.78 is 6.36. The van der Waals surface area contributed by atoms with Gasteiger partial charge >= 0.3 is 0 Å². The summed E-state index contributed by atoms with van der Waals surface area (Å²) in [6.07, 6.45) is 3.59. The summed E-state index contributed by atoms with van der Waals surface area (Å²) in [5, 5.41) is 11.7. The zero-order valence-electron chi connectivity index (χ0n) is 31.7. The Balaban J connectivity index is 1.10. The molecule has 0 atom stereocenters. The van der Waals surface area contributed by atoms with Gasteiger partial charge in [-0.1, -0.05) is 121 Å². The molecular weight excluding hydrogens is 721 g/mol. The Morgan fingerprint density at radius 2 is 0.763 bits per heavy atom. The predicted octanol–water partition coefficient (Wildman–Crippen LogP) is 14.1. The van der Waals surface area contributed by atoms with Crippen LogP contribution in [0.4, 0.5) is 0 Å². The van der Waals surface area contributed by atoms with Crippen LogP contribution in [0.2, 0.25) is 0 Å². The van der Waals surface area contributed by atoms with Crippen LogP contribution >= 0.6 is 0 Å². The van der Waals surface area contributed by atoms with Crippen molar-refractivity contribution in [3.05, 3.63) is 194 Å². The van der Waals surface area contributed by atoms with Crippen molar-refractivity contribution in [2.75, 3.05) is 0 Å². The van der Waals surface area contributed by atoms with Crippen molar-refractivity contribution in [3.63, 3.8) is 0 Å². The maximum absolute atomic E-state index is 6.36.